The molecule has 0 saturated heterocycles. The van der Waals surface area contributed by atoms with Gasteiger partial charge in [-0.25, -0.2) is 4.98 Å². The Morgan fingerprint density at radius 2 is 1.73 bits per heavy atom. The van der Waals surface area contributed by atoms with E-state index in [2.05, 4.69) is 26.0 Å². The quantitative estimate of drug-likeness (QED) is 0.349. The number of fused-ring (bicyclic) bond motifs is 1. The second-order valence-electron chi connectivity index (χ2n) is 6.20. The summed E-state index contributed by atoms with van der Waals surface area (Å²) in [6.45, 7) is 0. The van der Waals surface area contributed by atoms with E-state index in [1.54, 1.807) is 12.1 Å². The van der Waals surface area contributed by atoms with Crippen molar-refractivity contribution in [3.05, 3.63) is 86.3 Å². The Morgan fingerprint density at radius 1 is 1.00 bits per heavy atom. The van der Waals surface area contributed by atoms with E-state index in [4.69, 9.17) is 16.3 Å². The zero-order valence-electron chi connectivity index (χ0n) is 14.8. The lowest BCUT2D eigenvalue weighted by Crippen LogP contribution is -2.22. The van der Waals surface area contributed by atoms with E-state index in [0.29, 0.717) is 11.9 Å². The van der Waals surface area contributed by atoms with Crippen LogP contribution in [0.3, 0.4) is 0 Å². The van der Waals surface area contributed by atoms with Gasteiger partial charge in [-0.15, -0.1) is 0 Å². The van der Waals surface area contributed by atoms with Crippen molar-refractivity contribution >= 4 is 38.3 Å². The lowest BCUT2D eigenvalue weighted by molar-refractivity contribution is -0.137. The molecule has 0 N–H and O–H groups in total. The molecule has 0 aliphatic carbocycles. The number of halogens is 5. The molecular formula is C20H10BrClF3N3O2. The average Bonchev–Trinajstić information content (AvgIpc) is 2.71. The third-order valence-corrected chi connectivity index (χ3v) is 5.02. The first-order valence-corrected chi connectivity index (χ1v) is 9.58. The fourth-order valence-corrected chi connectivity index (χ4v) is 3.26. The van der Waals surface area contributed by atoms with Crippen molar-refractivity contribution in [2.75, 3.05) is 0 Å². The van der Waals surface area contributed by atoms with Crippen LogP contribution in [0, 0.1) is 0 Å². The standard InChI is InChI=1S/C20H10BrClF3N3O2/c21-14-4-1-12-8-15(5-2-11(12)7-14)30-16-10-27-28(19(29)18(16)22)17-6-3-13(9-26-17)20(23,24)25/h1-10H. The van der Waals surface area contributed by atoms with Crippen molar-refractivity contribution in [3.63, 3.8) is 0 Å². The van der Waals surface area contributed by atoms with E-state index in [1.807, 2.05) is 24.3 Å². The number of hydrogen-bond donors (Lipinski definition) is 0. The lowest BCUT2D eigenvalue weighted by atomic mass is 10.1. The van der Waals surface area contributed by atoms with Crippen molar-refractivity contribution in [1.82, 2.24) is 14.8 Å². The number of hydrogen-bond acceptors (Lipinski definition) is 4. The molecule has 0 radical (unpaired) electrons. The van der Waals surface area contributed by atoms with Crippen LogP contribution in [0.25, 0.3) is 16.6 Å². The van der Waals surface area contributed by atoms with Crippen molar-refractivity contribution in [2.24, 2.45) is 0 Å². The van der Waals surface area contributed by atoms with Gasteiger partial charge in [-0.2, -0.15) is 23.0 Å². The highest BCUT2D eigenvalue weighted by atomic mass is 79.9. The molecule has 0 atom stereocenters. The van der Waals surface area contributed by atoms with Crippen LogP contribution in [0.1, 0.15) is 5.56 Å². The van der Waals surface area contributed by atoms with Gasteiger partial charge >= 0.3 is 6.18 Å². The summed E-state index contributed by atoms with van der Waals surface area (Å²) in [6, 6.07) is 12.9. The molecule has 152 valence electrons. The monoisotopic (exact) mass is 495 g/mol. The van der Waals surface area contributed by atoms with Crippen LogP contribution >= 0.6 is 27.5 Å². The number of alkyl halides is 3. The van der Waals surface area contributed by atoms with Crippen LogP contribution in [0.15, 0.2) is 70.2 Å². The van der Waals surface area contributed by atoms with Gasteiger partial charge in [0, 0.05) is 10.7 Å². The van der Waals surface area contributed by atoms with Crippen LogP contribution in [0.2, 0.25) is 5.02 Å². The highest BCUT2D eigenvalue weighted by molar-refractivity contribution is 9.10. The summed E-state index contributed by atoms with van der Waals surface area (Å²) in [5, 5.41) is 5.55. The highest BCUT2D eigenvalue weighted by Crippen LogP contribution is 2.30. The zero-order chi connectivity index (χ0) is 21.5. The molecule has 0 amide bonds. The van der Waals surface area contributed by atoms with Crippen LogP contribution in [-0.2, 0) is 6.18 Å². The summed E-state index contributed by atoms with van der Waals surface area (Å²) in [4.78, 5) is 16.2. The van der Waals surface area contributed by atoms with Gasteiger partial charge in [0.2, 0.25) is 0 Å². The fraction of sp³-hybridized carbons (Fsp3) is 0.0500. The van der Waals surface area contributed by atoms with Gasteiger partial charge in [0.25, 0.3) is 5.56 Å². The molecule has 10 heteroatoms. The smallest absolute Gasteiger partial charge is 0.417 e. The molecular weight excluding hydrogens is 487 g/mol. The van der Waals surface area contributed by atoms with E-state index >= 15 is 0 Å². The Bertz CT molecular complexity index is 1310. The topological polar surface area (TPSA) is 57.0 Å². The van der Waals surface area contributed by atoms with E-state index in [-0.39, 0.29) is 16.6 Å². The first-order chi connectivity index (χ1) is 14.2. The molecule has 0 spiro atoms. The maximum atomic E-state index is 12.7. The van der Waals surface area contributed by atoms with Crippen LogP contribution in [-0.4, -0.2) is 14.8 Å². The second kappa shape index (κ2) is 7.73. The normalized spacial score (nSPS) is 11.6. The molecule has 0 unspecified atom stereocenters. The van der Waals surface area contributed by atoms with Gasteiger partial charge in [0.15, 0.2) is 16.6 Å². The number of benzene rings is 2. The Hall–Kier alpha value is -2.91. The molecule has 5 nitrogen and oxygen atoms in total. The minimum absolute atomic E-state index is 0.0151. The maximum absolute atomic E-state index is 12.7. The minimum atomic E-state index is -4.53. The molecule has 0 fully saturated rings. The zero-order valence-corrected chi connectivity index (χ0v) is 17.2. The van der Waals surface area contributed by atoms with Crippen molar-refractivity contribution in [3.8, 4) is 17.3 Å². The fourth-order valence-electron chi connectivity index (χ4n) is 2.72. The van der Waals surface area contributed by atoms with E-state index in [1.165, 1.54) is 6.20 Å². The number of pyridine rings is 1. The second-order valence-corrected chi connectivity index (χ2v) is 7.49. The van der Waals surface area contributed by atoms with Crippen LogP contribution in [0.5, 0.6) is 11.5 Å². The SMILES string of the molecule is O=c1c(Cl)c(Oc2ccc3cc(Br)ccc3c2)cnn1-c1ccc(C(F)(F)F)cn1. The molecule has 0 saturated carbocycles. The van der Waals surface area contributed by atoms with Gasteiger partial charge in [0.05, 0.1) is 11.8 Å². The largest absolute Gasteiger partial charge is 0.454 e. The Morgan fingerprint density at radius 3 is 2.43 bits per heavy atom. The summed E-state index contributed by atoms with van der Waals surface area (Å²) < 4.78 is 45.5. The van der Waals surface area contributed by atoms with Gasteiger partial charge in [0.1, 0.15) is 5.75 Å². The summed E-state index contributed by atoms with van der Waals surface area (Å²) in [5.74, 6) is 0.359. The third-order valence-electron chi connectivity index (χ3n) is 4.18. The Labute approximate surface area is 180 Å². The van der Waals surface area contributed by atoms with Crippen LogP contribution in [0.4, 0.5) is 13.2 Å². The molecule has 0 aliphatic rings. The summed E-state index contributed by atoms with van der Waals surface area (Å²) in [5.41, 5.74) is -1.71. The van der Waals surface area contributed by atoms with Crippen molar-refractivity contribution in [1.29, 1.82) is 0 Å². The highest BCUT2D eigenvalue weighted by Gasteiger charge is 2.30. The third kappa shape index (κ3) is 4.03. The van der Waals surface area contributed by atoms with E-state index < -0.39 is 17.3 Å². The van der Waals surface area contributed by atoms with Crippen molar-refractivity contribution < 1.29 is 17.9 Å². The molecule has 2 aromatic heterocycles. The molecule has 30 heavy (non-hydrogen) atoms. The first kappa shape index (κ1) is 20.4. The molecule has 4 rings (SSSR count). The summed E-state index contributed by atoms with van der Waals surface area (Å²) >= 11 is 9.54. The molecule has 2 heterocycles. The number of rotatable bonds is 3. The molecule has 0 aliphatic heterocycles. The Kier molecular flexibility index (Phi) is 5.25. The van der Waals surface area contributed by atoms with Gasteiger partial charge in [-0.3, -0.25) is 4.79 Å². The van der Waals surface area contributed by atoms with Crippen LogP contribution < -0.4 is 10.3 Å². The number of nitrogens with zero attached hydrogens (tertiary/aromatic N) is 3. The van der Waals surface area contributed by atoms with E-state index in [0.717, 1.165) is 32.1 Å². The predicted octanol–water partition coefficient (Wildman–Crippen LogP) is 6.01. The molecule has 0 bridgehead atoms. The average molecular weight is 497 g/mol. The van der Waals surface area contributed by atoms with Gasteiger partial charge in [-0.1, -0.05) is 39.7 Å². The lowest BCUT2D eigenvalue weighted by Gasteiger charge is -2.11. The molecule has 2 aromatic carbocycles. The summed E-state index contributed by atoms with van der Waals surface area (Å²) in [7, 11) is 0. The Balaban J connectivity index is 1.65. The number of ether oxygens (including phenoxy) is 1. The van der Waals surface area contributed by atoms with Gasteiger partial charge in [-0.05, 0) is 47.2 Å². The maximum Gasteiger partial charge on any atom is 0.417 e. The van der Waals surface area contributed by atoms with Crippen molar-refractivity contribution in [2.45, 2.75) is 6.18 Å². The number of aromatic nitrogens is 3. The predicted molar refractivity (Wildman–Crippen MR) is 109 cm³/mol. The summed E-state index contributed by atoms with van der Waals surface area (Å²) in [6.07, 6.45) is -2.71. The molecule has 4 aromatic rings. The minimum Gasteiger partial charge on any atom is -0.454 e. The van der Waals surface area contributed by atoms with Gasteiger partial charge < -0.3 is 4.74 Å². The van der Waals surface area contributed by atoms with E-state index in [9.17, 15) is 18.0 Å². The first-order valence-electron chi connectivity index (χ1n) is 8.41.